The van der Waals surface area contributed by atoms with Crippen LogP contribution < -0.4 is 10.3 Å². The van der Waals surface area contributed by atoms with Crippen LogP contribution in [-0.2, 0) is 6.61 Å². The zero-order chi connectivity index (χ0) is 26.9. The minimum absolute atomic E-state index is 0.286. The molecule has 0 unspecified atom stereocenters. The van der Waals surface area contributed by atoms with Gasteiger partial charge in [-0.25, -0.2) is 4.98 Å². The number of ether oxygens (including phenoxy) is 1. The molecule has 0 saturated carbocycles. The summed E-state index contributed by atoms with van der Waals surface area (Å²) in [5, 5.41) is 6.60. The molecule has 39 heavy (non-hydrogen) atoms. The molecule has 0 aliphatic rings. The van der Waals surface area contributed by atoms with Gasteiger partial charge in [-0.2, -0.15) is 9.78 Å². The van der Waals surface area contributed by atoms with Crippen molar-refractivity contribution in [2.75, 3.05) is 0 Å². The van der Waals surface area contributed by atoms with E-state index in [1.165, 1.54) is 4.68 Å². The second-order valence-electron chi connectivity index (χ2n) is 8.71. The maximum atomic E-state index is 13.5. The van der Waals surface area contributed by atoms with E-state index in [2.05, 4.69) is 43.6 Å². The molecule has 0 N–H and O–H groups in total. The molecule has 6 aromatic rings. The van der Waals surface area contributed by atoms with Crippen molar-refractivity contribution >= 4 is 78.2 Å². The quantitative estimate of drug-likeness (QED) is 0.129. The third kappa shape index (κ3) is 5.50. The van der Waals surface area contributed by atoms with Gasteiger partial charge in [0.1, 0.15) is 17.9 Å². The molecule has 0 fully saturated rings. The number of nitrogens with zero attached hydrogens (tertiary/aromatic N) is 3. The molecule has 6 rings (SSSR count). The van der Waals surface area contributed by atoms with Crippen LogP contribution >= 0.6 is 50.1 Å². The Balaban J connectivity index is 1.35. The lowest BCUT2D eigenvalue weighted by Crippen LogP contribution is -2.20. The predicted octanol–water partition coefficient (Wildman–Crippen LogP) is 8.29. The van der Waals surface area contributed by atoms with E-state index in [0.29, 0.717) is 39.7 Å². The van der Waals surface area contributed by atoms with Gasteiger partial charge in [-0.1, -0.05) is 51.8 Å². The highest BCUT2D eigenvalue weighted by molar-refractivity contribution is 14.1. The topological polar surface area (TPSA) is 69.6 Å². The molecule has 0 amide bonds. The Kier molecular flexibility index (Phi) is 7.24. The van der Waals surface area contributed by atoms with Crippen LogP contribution in [0.5, 0.6) is 5.75 Å². The molecule has 9 heteroatoms. The van der Waals surface area contributed by atoms with Gasteiger partial charge in [0.05, 0.1) is 20.7 Å². The molecule has 192 valence electrons. The van der Waals surface area contributed by atoms with Crippen LogP contribution in [-0.4, -0.2) is 15.9 Å². The van der Waals surface area contributed by atoms with Crippen molar-refractivity contribution in [3.8, 4) is 17.3 Å². The summed E-state index contributed by atoms with van der Waals surface area (Å²) in [6.07, 6.45) is 1.63. The van der Waals surface area contributed by atoms with Gasteiger partial charge in [0.15, 0.2) is 5.76 Å². The van der Waals surface area contributed by atoms with E-state index in [0.717, 1.165) is 30.3 Å². The standard InChI is InChI=1S/C30H18BrClIN3O3/c31-21-8-12-26-20(14-21)15-28(39-26)29-35-25-4-2-1-3-23(25)30(37)36(29)34-16-19-7-11-27(24(33)13-19)38-17-18-5-9-22(32)10-6-18/h1-16H,17H2. The number of hydrogen-bond donors (Lipinski definition) is 0. The second-order valence-corrected chi connectivity index (χ2v) is 11.2. The molecule has 0 aliphatic heterocycles. The monoisotopic (exact) mass is 709 g/mol. The number of para-hydroxylation sites is 1. The van der Waals surface area contributed by atoms with E-state index in [4.69, 9.17) is 25.7 Å². The van der Waals surface area contributed by atoms with Crippen LogP contribution in [0.2, 0.25) is 5.02 Å². The fraction of sp³-hybridized carbons (Fsp3) is 0.0333. The van der Waals surface area contributed by atoms with E-state index in [1.54, 1.807) is 18.3 Å². The molecule has 0 saturated heterocycles. The summed E-state index contributed by atoms with van der Waals surface area (Å²) < 4.78 is 15.2. The molecule has 0 spiro atoms. The molecule has 6 nitrogen and oxygen atoms in total. The SMILES string of the molecule is O=c1c2ccccc2nc(-c2cc3cc(Br)ccc3o2)n1N=Cc1ccc(OCc2ccc(Cl)cc2)c(I)c1. The molecule has 0 atom stereocenters. The van der Waals surface area contributed by atoms with Gasteiger partial charge in [-0.3, -0.25) is 4.79 Å². The average molecular weight is 711 g/mol. The molecule has 4 aromatic carbocycles. The first-order valence-corrected chi connectivity index (χ1v) is 14.1. The van der Waals surface area contributed by atoms with Crippen LogP contribution in [0, 0.1) is 3.57 Å². The Morgan fingerprint density at radius 1 is 1.03 bits per heavy atom. The number of benzene rings is 4. The van der Waals surface area contributed by atoms with Gasteiger partial charge >= 0.3 is 0 Å². The highest BCUT2D eigenvalue weighted by atomic mass is 127. The van der Waals surface area contributed by atoms with Crippen molar-refractivity contribution in [3.63, 3.8) is 0 Å². The molecule has 0 radical (unpaired) electrons. The van der Waals surface area contributed by atoms with Gasteiger partial charge in [-0.05, 0) is 100 Å². The number of furan rings is 1. The Hall–Kier alpha value is -3.47. The van der Waals surface area contributed by atoms with Crippen LogP contribution in [0.4, 0.5) is 0 Å². The summed E-state index contributed by atoms with van der Waals surface area (Å²) in [7, 11) is 0. The van der Waals surface area contributed by atoms with Gasteiger partial charge in [0.25, 0.3) is 5.56 Å². The fourth-order valence-electron chi connectivity index (χ4n) is 4.10. The Morgan fingerprint density at radius 3 is 2.67 bits per heavy atom. The normalized spacial score (nSPS) is 11.6. The highest BCUT2D eigenvalue weighted by Gasteiger charge is 2.16. The molecule has 0 aliphatic carbocycles. The predicted molar refractivity (Wildman–Crippen MR) is 167 cm³/mol. The van der Waals surface area contributed by atoms with Crippen LogP contribution in [0.1, 0.15) is 11.1 Å². The molecular formula is C30H18BrClIN3O3. The summed E-state index contributed by atoms with van der Waals surface area (Å²) in [6.45, 7) is 0.427. The number of aromatic nitrogens is 2. The van der Waals surface area contributed by atoms with Gasteiger partial charge in [0, 0.05) is 14.9 Å². The Morgan fingerprint density at radius 2 is 1.85 bits per heavy atom. The first-order valence-electron chi connectivity index (χ1n) is 11.9. The molecule has 2 aromatic heterocycles. The third-order valence-electron chi connectivity index (χ3n) is 6.04. The molecule has 0 bridgehead atoms. The van der Waals surface area contributed by atoms with Gasteiger partial charge in [-0.15, -0.1) is 0 Å². The summed E-state index contributed by atoms with van der Waals surface area (Å²) in [4.78, 5) is 18.2. The maximum absolute atomic E-state index is 13.5. The molecular weight excluding hydrogens is 693 g/mol. The second kappa shape index (κ2) is 11.0. The average Bonchev–Trinajstić information content (AvgIpc) is 3.36. The first-order chi connectivity index (χ1) is 18.9. The Bertz CT molecular complexity index is 1930. The van der Waals surface area contributed by atoms with Crippen molar-refractivity contribution < 1.29 is 9.15 Å². The van der Waals surface area contributed by atoms with Crippen molar-refractivity contribution in [2.24, 2.45) is 5.10 Å². The summed E-state index contributed by atoms with van der Waals surface area (Å²) >= 11 is 11.7. The summed E-state index contributed by atoms with van der Waals surface area (Å²) in [5.41, 5.74) is 2.80. The van der Waals surface area contributed by atoms with E-state index >= 15 is 0 Å². The zero-order valence-electron chi connectivity index (χ0n) is 20.1. The first kappa shape index (κ1) is 25.8. The summed E-state index contributed by atoms with van der Waals surface area (Å²) in [6, 6.07) is 28.1. The zero-order valence-corrected chi connectivity index (χ0v) is 24.6. The summed E-state index contributed by atoms with van der Waals surface area (Å²) in [5.74, 6) is 1.52. The number of rotatable bonds is 6. The smallest absolute Gasteiger partial charge is 0.282 e. The molecule has 2 heterocycles. The van der Waals surface area contributed by atoms with E-state index in [9.17, 15) is 4.79 Å². The minimum Gasteiger partial charge on any atom is -0.488 e. The lowest BCUT2D eigenvalue weighted by atomic mass is 10.2. The third-order valence-corrected chi connectivity index (χ3v) is 7.63. The van der Waals surface area contributed by atoms with Crippen LogP contribution in [0.15, 0.2) is 110 Å². The van der Waals surface area contributed by atoms with E-state index in [1.807, 2.05) is 78.9 Å². The Labute approximate surface area is 250 Å². The highest BCUT2D eigenvalue weighted by Crippen LogP contribution is 2.29. The number of halogens is 3. The number of hydrogen-bond acceptors (Lipinski definition) is 5. The van der Waals surface area contributed by atoms with Crippen LogP contribution in [0.3, 0.4) is 0 Å². The minimum atomic E-state index is -0.286. The van der Waals surface area contributed by atoms with Crippen molar-refractivity contribution in [1.82, 2.24) is 9.66 Å². The van der Waals surface area contributed by atoms with Crippen molar-refractivity contribution in [1.29, 1.82) is 0 Å². The van der Waals surface area contributed by atoms with Gasteiger partial charge in [0.2, 0.25) is 5.82 Å². The van der Waals surface area contributed by atoms with Crippen molar-refractivity contribution in [3.05, 3.63) is 126 Å². The maximum Gasteiger partial charge on any atom is 0.282 e. The number of fused-ring (bicyclic) bond motifs is 2. The lowest BCUT2D eigenvalue weighted by molar-refractivity contribution is 0.304. The van der Waals surface area contributed by atoms with E-state index < -0.39 is 0 Å². The van der Waals surface area contributed by atoms with E-state index in [-0.39, 0.29) is 5.56 Å². The lowest BCUT2D eigenvalue weighted by Gasteiger charge is -2.09. The van der Waals surface area contributed by atoms with Crippen LogP contribution in [0.25, 0.3) is 33.5 Å². The van der Waals surface area contributed by atoms with Crippen molar-refractivity contribution in [2.45, 2.75) is 6.61 Å². The largest absolute Gasteiger partial charge is 0.488 e. The van der Waals surface area contributed by atoms with Gasteiger partial charge < -0.3 is 9.15 Å². The fourth-order valence-corrected chi connectivity index (χ4v) is 5.30.